The maximum Gasteiger partial charge on any atom is 0.264 e. The summed E-state index contributed by atoms with van der Waals surface area (Å²) in [5.41, 5.74) is 2.76. The number of thioether (sulfide) groups is 1. The van der Waals surface area contributed by atoms with Crippen LogP contribution in [0.5, 0.6) is 5.75 Å². The average Bonchev–Trinajstić information content (AvgIpc) is 2.92. The molecule has 0 saturated carbocycles. The van der Waals surface area contributed by atoms with E-state index in [0.29, 0.717) is 15.8 Å². The molecule has 4 nitrogen and oxygen atoms in total. The van der Waals surface area contributed by atoms with Gasteiger partial charge in [-0.1, -0.05) is 24.3 Å². The van der Waals surface area contributed by atoms with E-state index in [1.807, 2.05) is 19.9 Å². The number of nitrogens with one attached hydrogen (secondary N) is 1. The zero-order valence-corrected chi connectivity index (χ0v) is 13.9. The Bertz CT molecular complexity index is 853. The van der Waals surface area contributed by atoms with E-state index < -0.39 is 0 Å². The van der Waals surface area contributed by atoms with Crippen LogP contribution in [-0.2, 0) is 4.79 Å². The van der Waals surface area contributed by atoms with E-state index in [2.05, 4.69) is 10.3 Å². The summed E-state index contributed by atoms with van der Waals surface area (Å²) in [6.45, 7) is 3.64. The van der Waals surface area contributed by atoms with Gasteiger partial charge in [0.15, 0.2) is 5.17 Å². The minimum atomic E-state index is -0.322. The SMILES string of the molecule is C/C(=C1/SC(=Nc2c(C)cccc2O)NC1=O)c1ccc(F)cc1. The number of phenolic OH excluding ortho intramolecular Hbond substituents is 1. The van der Waals surface area contributed by atoms with Gasteiger partial charge in [-0.25, -0.2) is 9.38 Å². The number of aliphatic imine (C=N–C) groups is 1. The number of hydrogen-bond donors (Lipinski definition) is 2. The highest BCUT2D eigenvalue weighted by Crippen LogP contribution is 2.35. The quantitative estimate of drug-likeness (QED) is 0.807. The highest BCUT2D eigenvalue weighted by molar-refractivity contribution is 8.18. The number of hydrogen-bond acceptors (Lipinski definition) is 4. The molecule has 122 valence electrons. The van der Waals surface area contributed by atoms with Crippen molar-refractivity contribution >= 4 is 34.1 Å². The molecule has 2 N–H and O–H groups in total. The van der Waals surface area contributed by atoms with E-state index in [0.717, 1.165) is 16.7 Å². The summed E-state index contributed by atoms with van der Waals surface area (Å²) in [4.78, 5) is 17.1. The first-order valence-corrected chi connectivity index (χ1v) is 8.10. The van der Waals surface area contributed by atoms with Crippen molar-refractivity contribution in [3.8, 4) is 5.75 Å². The van der Waals surface area contributed by atoms with Gasteiger partial charge >= 0.3 is 0 Å². The minimum absolute atomic E-state index is 0.0602. The van der Waals surface area contributed by atoms with Crippen LogP contribution in [0.1, 0.15) is 18.1 Å². The molecule has 2 aromatic carbocycles. The Morgan fingerprint density at radius 3 is 2.58 bits per heavy atom. The van der Waals surface area contributed by atoms with Crippen molar-refractivity contribution in [3.05, 3.63) is 64.3 Å². The Morgan fingerprint density at radius 1 is 1.21 bits per heavy atom. The van der Waals surface area contributed by atoms with Crippen molar-refractivity contribution in [3.63, 3.8) is 0 Å². The Kier molecular flexibility index (Phi) is 4.40. The number of aryl methyl sites for hydroxylation is 1. The number of halogens is 1. The summed E-state index contributed by atoms with van der Waals surface area (Å²) in [7, 11) is 0. The molecule has 1 aliphatic heterocycles. The third kappa shape index (κ3) is 3.19. The number of para-hydroxylation sites is 1. The second-order valence-electron chi connectivity index (χ2n) is 5.38. The number of phenols is 1. The number of rotatable bonds is 2. The molecule has 3 rings (SSSR count). The number of benzene rings is 2. The van der Waals surface area contributed by atoms with Gasteiger partial charge in [0.25, 0.3) is 5.91 Å². The van der Waals surface area contributed by atoms with Crippen LogP contribution in [0.4, 0.5) is 10.1 Å². The molecule has 1 saturated heterocycles. The van der Waals surface area contributed by atoms with Crippen LogP contribution in [-0.4, -0.2) is 16.2 Å². The number of carbonyl (C=O) groups is 1. The van der Waals surface area contributed by atoms with Gasteiger partial charge in [-0.2, -0.15) is 0 Å². The number of amides is 1. The second kappa shape index (κ2) is 6.49. The third-order valence-corrected chi connectivity index (χ3v) is 4.76. The van der Waals surface area contributed by atoms with Gasteiger partial charge in [0.05, 0.1) is 4.91 Å². The molecule has 24 heavy (non-hydrogen) atoms. The largest absolute Gasteiger partial charge is 0.506 e. The monoisotopic (exact) mass is 342 g/mol. The van der Waals surface area contributed by atoms with Crippen LogP contribution in [0, 0.1) is 12.7 Å². The number of allylic oxidation sites excluding steroid dienone is 1. The lowest BCUT2D eigenvalue weighted by Gasteiger charge is -2.04. The lowest BCUT2D eigenvalue weighted by Crippen LogP contribution is -2.19. The van der Waals surface area contributed by atoms with Crippen molar-refractivity contribution in [2.75, 3.05) is 0 Å². The summed E-state index contributed by atoms with van der Waals surface area (Å²) >= 11 is 1.20. The van der Waals surface area contributed by atoms with E-state index >= 15 is 0 Å². The fraction of sp³-hybridized carbons (Fsp3) is 0.111. The third-order valence-electron chi connectivity index (χ3n) is 3.67. The molecule has 1 aliphatic rings. The first kappa shape index (κ1) is 16.3. The van der Waals surface area contributed by atoms with Crippen molar-refractivity contribution in [1.82, 2.24) is 5.32 Å². The molecule has 0 spiro atoms. The molecule has 0 atom stereocenters. The smallest absolute Gasteiger partial charge is 0.264 e. The maximum absolute atomic E-state index is 13.0. The fourth-order valence-corrected chi connectivity index (χ4v) is 3.23. The standard InChI is InChI=1S/C18H15FN2O2S/c1-10-4-3-5-14(22)15(10)20-18-21-17(23)16(24-18)11(2)12-6-8-13(19)9-7-12/h3-9,22H,1-2H3,(H,20,21,23)/b16-11-. The molecule has 0 unspecified atom stereocenters. The molecule has 0 bridgehead atoms. The van der Waals surface area contributed by atoms with E-state index in [1.54, 1.807) is 24.3 Å². The summed E-state index contributed by atoms with van der Waals surface area (Å²) in [5.74, 6) is -0.518. The maximum atomic E-state index is 13.0. The van der Waals surface area contributed by atoms with Gasteiger partial charge in [-0.15, -0.1) is 0 Å². The molecule has 1 heterocycles. The molecule has 1 amide bonds. The van der Waals surface area contributed by atoms with Crippen LogP contribution in [0.3, 0.4) is 0 Å². The number of amidine groups is 1. The molecule has 1 fully saturated rings. The van der Waals surface area contributed by atoms with Gasteiger partial charge in [0.1, 0.15) is 17.3 Å². The summed E-state index contributed by atoms with van der Waals surface area (Å²) in [6.07, 6.45) is 0. The molecular formula is C18H15FN2O2S. The Morgan fingerprint density at radius 2 is 1.92 bits per heavy atom. The first-order chi connectivity index (χ1) is 11.5. The Balaban J connectivity index is 1.95. The van der Waals surface area contributed by atoms with Gasteiger partial charge in [0.2, 0.25) is 0 Å². The summed E-state index contributed by atoms with van der Waals surface area (Å²) in [5, 5.41) is 13.0. The van der Waals surface area contributed by atoms with Crippen molar-refractivity contribution in [1.29, 1.82) is 0 Å². The molecule has 6 heteroatoms. The van der Waals surface area contributed by atoms with E-state index in [9.17, 15) is 14.3 Å². The van der Waals surface area contributed by atoms with Gasteiger partial charge in [-0.05, 0) is 60.5 Å². The van der Waals surface area contributed by atoms with Gasteiger partial charge in [-0.3, -0.25) is 4.79 Å². The van der Waals surface area contributed by atoms with E-state index in [4.69, 9.17) is 0 Å². The molecule has 0 aromatic heterocycles. The van der Waals surface area contributed by atoms with Crippen molar-refractivity contribution < 1.29 is 14.3 Å². The van der Waals surface area contributed by atoms with Crippen LogP contribution >= 0.6 is 11.8 Å². The highest BCUT2D eigenvalue weighted by Gasteiger charge is 2.26. The van der Waals surface area contributed by atoms with Gasteiger partial charge < -0.3 is 10.4 Å². The van der Waals surface area contributed by atoms with Crippen LogP contribution in [0.2, 0.25) is 0 Å². The van der Waals surface area contributed by atoms with Crippen molar-refractivity contribution in [2.24, 2.45) is 4.99 Å². The molecule has 0 radical (unpaired) electrons. The predicted molar refractivity (Wildman–Crippen MR) is 94.7 cm³/mol. The first-order valence-electron chi connectivity index (χ1n) is 7.29. The number of aromatic hydroxyl groups is 1. The van der Waals surface area contributed by atoms with E-state index in [1.165, 1.54) is 23.9 Å². The molecular weight excluding hydrogens is 327 g/mol. The zero-order chi connectivity index (χ0) is 17.3. The summed E-state index contributed by atoms with van der Waals surface area (Å²) in [6, 6.07) is 11.1. The normalized spacial score (nSPS) is 18.0. The molecule has 2 aromatic rings. The summed E-state index contributed by atoms with van der Waals surface area (Å²) < 4.78 is 13.0. The number of nitrogens with zero attached hydrogens (tertiary/aromatic N) is 1. The van der Waals surface area contributed by atoms with Gasteiger partial charge in [0, 0.05) is 0 Å². The van der Waals surface area contributed by atoms with Crippen LogP contribution in [0.25, 0.3) is 5.57 Å². The highest BCUT2D eigenvalue weighted by atomic mass is 32.2. The van der Waals surface area contributed by atoms with Crippen molar-refractivity contribution in [2.45, 2.75) is 13.8 Å². The zero-order valence-electron chi connectivity index (χ0n) is 13.1. The lowest BCUT2D eigenvalue weighted by atomic mass is 10.1. The van der Waals surface area contributed by atoms with Crippen LogP contribution < -0.4 is 5.32 Å². The number of carbonyl (C=O) groups excluding carboxylic acids is 1. The molecule has 0 aliphatic carbocycles. The minimum Gasteiger partial charge on any atom is -0.506 e. The predicted octanol–water partition coefficient (Wildman–Crippen LogP) is 4.12. The Hall–Kier alpha value is -2.60. The Labute approximate surface area is 143 Å². The lowest BCUT2D eigenvalue weighted by molar-refractivity contribution is -0.115. The second-order valence-corrected chi connectivity index (χ2v) is 6.38. The average molecular weight is 342 g/mol. The van der Waals surface area contributed by atoms with Crippen LogP contribution in [0.15, 0.2) is 52.4 Å². The topological polar surface area (TPSA) is 61.7 Å². The van der Waals surface area contributed by atoms with E-state index in [-0.39, 0.29) is 17.5 Å². The fourth-order valence-electron chi connectivity index (χ4n) is 2.34.